The van der Waals surface area contributed by atoms with E-state index in [0.29, 0.717) is 16.7 Å². The lowest BCUT2D eigenvalue weighted by molar-refractivity contribution is -0.119. The number of hydrogen-bond acceptors (Lipinski definition) is 7. The zero-order chi connectivity index (χ0) is 19.9. The van der Waals surface area contributed by atoms with E-state index in [1.54, 1.807) is 48.5 Å². The number of nitrogens with zero attached hydrogens (tertiary/aromatic N) is 1. The van der Waals surface area contributed by atoms with E-state index >= 15 is 0 Å². The van der Waals surface area contributed by atoms with Gasteiger partial charge in [-0.1, -0.05) is 30.3 Å². The van der Waals surface area contributed by atoms with Crippen molar-refractivity contribution in [2.24, 2.45) is 0 Å². The third kappa shape index (κ3) is 4.58. The SMILES string of the molecule is N#CCSc1ccccc1NC(=O)COC(=O)c1cc2ccccc2oc1=O. The molecule has 0 aliphatic carbocycles. The van der Waals surface area contributed by atoms with Gasteiger partial charge in [0.1, 0.15) is 11.1 Å². The second-order valence-electron chi connectivity index (χ2n) is 5.55. The maximum absolute atomic E-state index is 12.2. The lowest BCUT2D eigenvalue weighted by Gasteiger charge is -2.10. The van der Waals surface area contributed by atoms with Crippen molar-refractivity contribution in [1.82, 2.24) is 0 Å². The van der Waals surface area contributed by atoms with Crippen LogP contribution in [-0.4, -0.2) is 24.2 Å². The molecule has 1 N–H and O–H groups in total. The molecule has 0 saturated carbocycles. The van der Waals surface area contributed by atoms with Crippen LogP contribution >= 0.6 is 11.8 Å². The Bertz CT molecular complexity index is 1130. The molecule has 1 aromatic heterocycles. The third-order valence-corrected chi connectivity index (χ3v) is 4.59. The van der Waals surface area contributed by atoms with E-state index in [0.717, 1.165) is 4.90 Å². The zero-order valence-corrected chi connectivity index (χ0v) is 15.3. The summed E-state index contributed by atoms with van der Waals surface area (Å²) in [5.41, 5.74) is -0.249. The summed E-state index contributed by atoms with van der Waals surface area (Å²) >= 11 is 1.28. The fraction of sp³-hybridized carbons (Fsp3) is 0.100. The number of rotatable bonds is 6. The Morgan fingerprint density at radius 2 is 1.89 bits per heavy atom. The van der Waals surface area contributed by atoms with Gasteiger partial charge in [-0.05, 0) is 24.3 Å². The second kappa shape index (κ2) is 8.88. The van der Waals surface area contributed by atoms with Gasteiger partial charge < -0.3 is 14.5 Å². The van der Waals surface area contributed by atoms with Crippen LogP contribution in [0.15, 0.2) is 68.7 Å². The Hall–Kier alpha value is -3.57. The molecule has 0 saturated heterocycles. The van der Waals surface area contributed by atoms with Crippen LogP contribution in [0.4, 0.5) is 5.69 Å². The largest absolute Gasteiger partial charge is 0.452 e. The smallest absolute Gasteiger partial charge is 0.351 e. The molecule has 3 rings (SSSR count). The van der Waals surface area contributed by atoms with Crippen molar-refractivity contribution >= 4 is 40.3 Å². The summed E-state index contributed by atoms with van der Waals surface area (Å²) in [7, 11) is 0. The van der Waals surface area contributed by atoms with Gasteiger partial charge in [0, 0.05) is 10.3 Å². The average Bonchev–Trinajstić information content (AvgIpc) is 2.71. The first-order valence-electron chi connectivity index (χ1n) is 8.17. The number of anilines is 1. The van der Waals surface area contributed by atoms with Gasteiger partial charge in [-0.3, -0.25) is 4.79 Å². The molecule has 0 aliphatic rings. The first kappa shape index (κ1) is 19.2. The topological polar surface area (TPSA) is 109 Å². The zero-order valence-electron chi connectivity index (χ0n) is 14.5. The summed E-state index contributed by atoms with van der Waals surface area (Å²) < 4.78 is 10.0. The average molecular weight is 394 g/mol. The summed E-state index contributed by atoms with van der Waals surface area (Å²) in [6.07, 6.45) is 0. The van der Waals surface area contributed by atoms with Crippen LogP contribution in [0.5, 0.6) is 0 Å². The molecule has 0 atom stereocenters. The van der Waals surface area contributed by atoms with Gasteiger partial charge >= 0.3 is 11.6 Å². The van der Waals surface area contributed by atoms with E-state index in [1.165, 1.54) is 17.8 Å². The lowest BCUT2D eigenvalue weighted by Crippen LogP contribution is -2.23. The van der Waals surface area contributed by atoms with Crippen LogP contribution in [0.25, 0.3) is 11.0 Å². The van der Waals surface area contributed by atoms with Crippen molar-refractivity contribution in [2.45, 2.75) is 4.90 Å². The number of carbonyl (C=O) groups excluding carboxylic acids is 2. The number of para-hydroxylation sites is 2. The number of nitrogens with one attached hydrogen (secondary N) is 1. The van der Waals surface area contributed by atoms with Gasteiger partial charge in [-0.2, -0.15) is 5.26 Å². The molecule has 0 radical (unpaired) electrons. The fourth-order valence-corrected chi connectivity index (χ4v) is 3.07. The molecule has 0 unspecified atom stereocenters. The Morgan fingerprint density at radius 1 is 1.14 bits per heavy atom. The molecule has 0 spiro atoms. The molecule has 1 amide bonds. The van der Waals surface area contributed by atoms with Gasteiger partial charge in [0.15, 0.2) is 6.61 Å². The number of ether oxygens (including phenoxy) is 1. The van der Waals surface area contributed by atoms with Crippen LogP contribution in [0, 0.1) is 11.3 Å². The minimum Gasteiger partial charge on any atom is -0.452 e. The Morgan fingerprint density at radius 3 is 2.71 bits per heavy atom. The maximum Gasteiger partial charge on any atom is 0.351 e. The number of esters is 1. The minimum absolute atomic E-state index is 0.236. The van der Waals surface area contributed by atoms with Crippen molar-refractivity contribution < 1.29 is 18.7 Å². The summed E-state index contributed by atoms with van der Waals surface area (Å²) in [6, 6.07) is 17.1. The monoisotopic (exact) mass is 394 g/mol. The van der Waals surface area contributed by atoms with Crippen molar-refractivity contribution in [3.05, 3.63) is 70.6 Å². The molecule has 0 bridgehead atoms. The van der Waals surface area contributed by atoms with Gasteiger partial charge in [-0.15, -0.1) is 11.8 Å². The Balaban J connectivity index is 1.65. The molecule has 0 aliphatic heterocycles. The first-order chi connectivity index (χ1) is 13.6. The van der Waals surface area contributed by atoms with E-state index in [2.05, 4.69) is 5.32 Å². The van der Waals surface area contributed by atoms with E-state index < -0.39 is 24.1 Å². The van der Waals surface area contributed by atoms with Crippen LogP contribution < -0.4 is 10.9 Å². The molecule has 8 heteroatoms. The molecule has 0 fully saturated rings. The quantitative estimate of drug-likeness (QED) is 0.388. The lowest BCUT2D eigenvalue weighted by atomic mass is 10.2. The number of nitriles is 1. The maximum atomic E-state index is 12.2. The molecule has 7 nitrogen and oxygen atoms in total. The molecule has 2 aromatic carbocycles. The molecular formula is C20H14N2O5S. The number of amides is 1. The standard InChI is InChI=1S/C20H14N2O5S/c21-9-10-28-17-8-4-2-6-15(17)22-18(23)12-26-19(24)14-11-13-5-1-3-7-16(13)27-20(14)25/h1-8,11H,10,12H2,(H,22,23). The highest BCUT2D eigenvalue weighted by Gasteiger charge is 2.17. The van der Waals surface area contributed by atoms with Gasteiger partial charge in [0.05, 0.1) is 17.5 Å². The highest BCUT2D eigenvalue weighted by molar-refractivity contribution is 7.99. The third-order valence-electron chi connectivity index (χ3n) is 3.65. The van der Waals surface area contributed by atoms with Crippen LogP contribution in [0.1, 0.15) is 10.4 Å². The highest BCUT2D eigenvalue weighted by atomic mass is 32.2. The minimum atomic E-state index is -0.943. The summed E-state index contributed by atoms with van der Waals surface area (Å²) in [5.74, 6) is -1.27. The molecule has 3 aromatic rings. The number of hydrogen-bond donors (Lipinski definition) is 1. The number of carbonyl (C=O) groups is 2. The predicted octanol–water partition coefficient (Wildman–Crippen LogP) is 3.20. The summed E-state index contributed by atoms with van der Waals surface area (Å²) in [4.78, 5) is 37.0. The number of thioether (sulfide) groups is 1. The molecular weight excluding hydrogens is 380 g/mol. The van der Waals surface area contributed by atoms with E-state index in [4.69, 9.17) is 14.4 Å². The van der Waals surface area contributed by atoms with Gasteiger partial charge in [-0.25, -0.2) is 9.59 Å². The Kier molecular flexibility index (Phi) is 6.09. The molecule has 140 valence electrons. The second-order valence-corrected chi connectivity index (χ2v) is 6.57. The highest BCUT2D eigenvalue weighted by Crippen LogP contribution is 2.26. The van der Waals surface area contributed by atoms with Crippen molar-refractivity contribution in [3.8, 4) is 6.07 Å². The van der Waals surface area contributed by atoms with Crippen molar-refractivity contribution in [3.63, 3.8) is 0 Å². The molecule has 28 heavy (non-hydrogen) atoms. The van der Waals surface area contributed by atoms with E-state index in [9.17, 15) is 14.4 Å². The van der Waals surface area contributed by atoms with Crippen LogP contribution in [0.2, 0.25) is 0 Å². The van der Waals surface area contributed by atoms with Crippen LogP contribution in [-0.2, 0) is 9.53 Å². The van der Waals surface area contributed by atoms with Gasteiger partial charge in [0.2, 0.25) is 0 Å². The van der Waals surface area contributed by atoms with Crippen molar-refractivity contribution in [2.75, 3.05) is 17.7 Å². The normalized spacial score (nSPS) is 10.2. The van der Waals surface area contributed by atoms with E-state index in [1.807, 2.05) is 6.07 Å². The summed E-state index contributed by atoms with van der Waals surface area (Å²) in [6.45, 7) is -0.567. The molecule has 1 heterocycles. The first-order valence-corrected chi connectivity index (χ1v) is 9.15. The predicted molar refractivity (Wildman–Crippen MR) is 104 cm³/mol. The fourth-order valence-electron chi connectivity index (χ4n) is 2.41. The Labute approximate surface area is 163 Å². The number of benzene rings is 2. The number of fused-ring (bicyclic) bond motifs is 1. The summed E-state index contributed by atoms with van der Waals surface area (Å²) in [5, 5.41) is 11.9. The van der Waals surface area contributed by atoms with Crippen LogP contribution in [0.3, 0.4) is 0 Å². The van der Waals surface area contributed by atoms with Gasteiger partial charge in [0.25, 0.3) is 5.91 Å². The van der Waals surface area contributed by atoms with Crippen molar-refractivity contribution in [1.29, 1.82) is 5.26 Å². The van der Waals surface area contributed by atoms with E-state index in [-0.39, 0.29) is 11.3 Å².